The molecule has 0 radical (unpaired) electrons. The van der Waals surface area contributed by atoms with E-state index in [0.29, 0.717) is 18.9 Å². The fourth-order valence-corrected chi connectivity index (χ4v) is 4.62. The Balaban J connectivity index is 1.27. The van der Waals surface area contributed by atoms with Crippen molar-refractivity contribution in [1.82, 2.24) is 10.3 Å². The van der Waals surface area contributed by atoms with Crippen LogP contribution in [0.25, 0.3) is 10.8 Å². The number of aromatic nitrogens is 1. The van der Waals surface area contributed by atoms with Gasteiger partial charge in [0.25, 0.3) is 0 Å². The number of carbonyl (C=O) groups is 1. The van der Waals surface area contributed by atoms with Crippen molar-refractivity contribution in [2.75, 3.05) is 24.5 Å². The van der Waals surface area contributed by atoms with Gasteiger partial charge < -0.3 is 14.6 Å². The molecule has 152 valence electrons. The number of aryl methyl sites for hydroxylation is 2. The molecule has 0 aliphatic carbocycles. The highest BCUT2D eigenvalue weighted by molar-refractivity contribution is 7.13. The van der Waals surface area contributed by atoms with Crippen molar-refractivity contribution in [1.29, 1.82) is 0 Å². The molecule has 1 unspecified atom stereocenters. The van der Waals surface area contributed by atoms with Crippen molar-refractivity contribution < 1.29 is 9.21 Å². The van der Waals surface area contributed by atoms with Gasteiger partial charge in [0.05, 0.1) is 12.1 Å². The molecule has 1 saturated heterocycles. The number of thiazole rings is 1. The number of carbonyl (C=O) groups excluding carboxylic acids is 1. The van der Waals surface area contributed by atoms with Gasteiger partial charge in [0, 0.05) is 35.7 Å². The summed E-state index contributed by atoms with van der Waals surface area (Å²) in [5.41, 5.74) is 3.19. The van der Waals surface area contributed by atoms with E-state index >= 15 is 0 Å². The van der Waals surface area contributed by atoms with Gasteiger partial charge in [-0.25, -0.2) is 4.98 Å². The first-order valence-corrected chi connectivity index (χ1v) is 11.0. The number of nitrogens with one attached hydrogen (secondary N) is 1. The van der Waals surface area contributed by atoms with Crippen molar-refractivity contribution >= 4 is 34.5 Å². The summed E-state index contributed by atoms with van der Waals surface area (Å²) in [4.78, 5) is 19.3. The summed E-state index contributed by atoms with van der Waals surface area (Å²) in [6.45, 7) is 6.61. The summed E-state index contributed by atoms with van der Waals surface area (Å²) < 4.78 is 5.60. The molecule has 1 fully saturated rings. The van der Waals surface area contributed by atoms with Gasteiger partial charge in [-0.15, -0.1) is 11.3 Å². The van der Waals surface area contributed by atoms with Gasteiger partial charge in [0.2, 0.25) is 5.91 Å². The second kappa shape index (κ2) is 8.59. The Morgan fingerprint density at radius 1 is 1.34 bits per heavy atom. The molecule has 0 spiro atoms. The number of amides is 1. The first-order valence-electron chi connectivity index (χ1n) is 9.77. The van der Waals surface area contributed by atoms with E-state index < -0.39 is 0 Å². The molecule has 1 N–H and O–H groups in total. The summed E-state index contributed by atoms with van der Waals surface area (Å²) in [7, 11) is 0. The molecule has 3 heterocycles. The van der Waals surface area contributed by atoms with Crippen LogP contribution in [0.3, 0.4) is 0 Å². The maximum Gasteiger partial charge on any atom is 0.226 e. The van der Waals surface area contributed by atoms with E-state index in [1.807, 2.05) is 36.6 Å². The van der Waals surface area contributed by atoms with Gasteiger partial charge in [0.15, 0.2) is 10.8 Å². The van der Waals surface area contributed by atoms with Gasteiger partial charge in [-0.3, -0.25) is 4.79 Å². The van der Waals surface area contributed by atoms with Gasteiger partial charge in [-0.2, -0.15) is 0 Å². The molecule has 2 aromatic heterocycles. The summed E-state index contributed by atoms with van der Waals surface area (Å²) >= 11 is 7.66. The Morgan fingerprint density at radius 2 is 2.21 bits per heavy atom. The Bertz CT molecular complexity index is 1010. The Kier molecular flexibility index (Phi) is 5.92. The predicted octanol–water partition coefficient (Wildman–Crippen LogP) is 4.86. The summed E-state index contributed by atoms with van der Waals surface area (Å²) in [6, 6.07) is 9.83. The molecule has 29 heavy (non-hydrogen) atoms. The largest absolute Gasteiger partial charge is 0.459 e. The lowest BCUT2D eigenvalue weighted by Gasteiger charge is -2.21. The SMILES string of the molecule is Cc1ccc(-c2nc(CC(=O)NCC3CCN(c4cc(Cl)ccc4C)C3)cs2)o1. The molecule has 0 bridgehead atoms. The first kappa shape index (κ1) is 20.0. The summed E-state index contributed by atoms with van der Waals surface area (Å²) in [5, 5.41) is 6.56. The normalized spacial score (nSPS) is 16.4. The number of rotatable bonds is 6. The van der Waals surface area contributed by atoms with Crippen molar-refractivity contribution in [2.24, 2.45) is 5.92 Å². The zero-order valence-corrected chi connectivity index (χ0v) is 18.1. The van der Waals surface area contributed by atoms with Crippen LogP contribution in [0.5, 0.6) is 0 Å². The van der Waals surface area contributed by atoms with E-state index in [4.69, 9.17) is 16.0 Å². The van der Waals surface area contributed by atoms with Gasteiger partial charge >= 0.3 is 0 Å². The molecule has 1 atom stereocenters. The number of benzene rings is 1. The number of nitrogens with zero attached hydrogens (tertiary/aromatic N) is 2. The van der Waals surface area contributed by atoms with Crippen LogP contribution in [0.2, 0.25) is 5.02 Å². The summed E-state index contributed by atoms with van der Waals surface area (Å²) in [5.74, 6) is 2.05. The third-order valence-electron chi connectivity index (χ3n) is 5.23. The molecular weight excluding hydrogens is 406 g/mol. The molecule has 1 aliphatic rings. The van der Waals surface area contributed by atoms with E-state index in [1.165, 1.54) is 22.6 Å². The average Bonchev–Trinajstić information content (AvgIpc) is 3.43. The van der Waals surface area contributed by atoms with Gasteiger partial charge in [-0.05, 0) is 56.0 Å². The minimum Gasteiger partial charge on any atom is -0.459 e. The molecule has 7 heteroatoms. The zero-order valence-electron chi connectivity index (χ0n) is 16.6. The van der Waals surface area contributed by atoms with Crippen LogP contribution in [0.4, 0.5) is 5.69 Å². The topological polar surface area (TPSA) is 58.4 Å². The van der Waals surface area contributed by atoms with Gasteiger partial charge in [-0.1, -0.05) is 17.7 Å². The van der Waals surface area contributed by atoms with Gasteiger partial charge in [0.1, 0.15) is 5.76 Å². The van der Waals surface area contributed by atoms with Crippen LogP contribution in [0.1, 0.15) is 23.4 Å². The average molecular weight is 430 g/mol. The number of halogens is 1. The maximum atomic E-state index is 12.4. The lowest BCUT2D eigenvalue weighted by Crippen LogP contribution is -2.32. The molecule has 1 aromatic carbocycles. The predicted molar refractivity (Wildman–Crippen MR) is 118 cm³/mol. The van der Waals surface area contributed by atoms with E-state index in [-0.39, 0.29) is 5.91 Å². The van der Waals surface area contributed by atoms with Crippen LogP contribution < -0.4 is 10.2 Å². The van der Waals surface area contributed by atoms with E-state index in [0.717, 1.165) is 46.8 Å². The monoisotopic (exact) mass is 429 g/mol. The molecule has 1 amide bonds. The highest BCUT2D eigenvalue weighted by atomic mass is 35.5. The molecule has 5 nitrogen and oxygen atoms in total. The molecule has 0 saturated carbocycles. The molecular formula is C22H24ClN3O2S. The molecule has 1 aliphatic heterocycles. The second-order valence-electron chi connectivity index (χ2n) is 7.57. The van der Waals surface area contributed by atoms with Crippen LogP contribution in [0, 0.1) is 19.8 Å². The first-order chi connectivity index (χ1) is 14.0. The zero-order chi connectivity index (χ0) is 20.4. The number of anilines is 1. The van der Waals surface area contributed by atoms with Crippen molar-refractivity contribution in [3.63, 3.8) is 0 Å². The minimum absolute atomic E-state index is 0.00913. The van der Waals surface area contributed by atoms with Crippen LogP contribution >= 0.6 is 22.9 Å². The quantitative estimate of drug-likeness (QED) is 0.608. The minimum atomic E-state index is 0.00913. The second-order valence-corrected chi connectivity index (χ2v) is 8.86. The molecule has 3 aromatic rings. The number of furan rings is 1. The lowest BCUT2D eigenvalue weighted by molar-refractivity contribution is -0.120. The number of hydrogen-bond acceptors (Lipinski definition) is 5. The third kappa shape index (κ3) is 4.82. The summed E-state index contributed by atoms with van der Waals surface area (Å²) in [6.07, 6.45) is 1.35. The highest BCUT2D eigenvalue weighted by Gasteiger charge is 2.24. The number of hydrogen-bond donors (Lipinski definition) is 1. The molecule has 4 rings (SSSR count). The van der Waals surface area contributed by atoms with Crippen molar-refractivity contribution in [2.45, 2.75) is 26.7 Å². The van der Waals surface area contributed by atoms with Crippen molar-refractivity contribution in [3.05, 3.63) is 57.8 Å². The maximum absolute atomic E-state index is 12.4. The lowest BCUT2D eigenvalue weighted by atomic mass is 10.1. The smallest absolute Gasteiger partial charge is 0.226 e. The fraction of sp³-hybridized carbons (Fsp3) is 0.364. The van der Waals surface area contributed by atoms with Crippen molar-refractivity contribution in [3.8, 4) is 10.8 Å². The van der Waals surface area contributed by atoms with E-state index in [1.54, 1.807) is 0 Å². The van der Waals surface area contributed by atoms with E-state index in [2.05, 4.69) is 28.2 Å². The fourth-order valence-electron chi connectivity index (χ4n) is 3.68. The van der Waals surface area contributed by atoms with Crippen LogP contribution in [0.15, 0.2) is 40.1 Å². The standard InChI is InChI=1S/C22H24ClN3O2S/c1-14-3-5-17(23)9-19(14)26-8-7-16(12-26)11-24-21(27)10-18-13-29-22(25-18)20-6-4-15(2)28-20/h3-6,9,13,16H,7-8,10-12H2,1-2H3,(H,24,27). The third-order valence-corrected chi connectivity index (χ3v) is 6.37. The Labute approximate surface area is 179 Å². The van der Waals surface area contributed by atoms with Crippen LogP contribution in [-0.2, 0) is 11.2 Å². The Morgan fingerprint density at radius 3 is 3.00 bits per heavy atom. The van der Waals surface area contributed by atoms with Crippen LogP contribution in [-0.4, -0.2) is 30.5 Å². The highest BCUT2D eigenvalue weighted by Crippen LogP contribution is 2.29. The Hall–Kier alpha value is -2.31. The van der Waals surface area contributed by atoms with E-state index in [9.17, 15) is 4.79 Å².